The van der Waals surface area contributed by atoms with Crippen LogP contribution in [0.4, 0.5) is 5.69 Å². The average molecular weight is 316 g/mol. The summed E-state index contributed by atoms with van der Waals surface area (Å²) in [5.74, 6) is 0.353. The van der Waals surface area contributed by atoms with E-state index in [2.05, 4.69) is 5.32 Å². The first-order valence-electron chi connectivity index (χ1n) is 6.86. The van der Waals surface area contributed by atoms with Gasteiger partial charge in [0.05, 0.1) is 12.0 Å². The number of nitrogens with zero attached hydrogens (tertiary/aromatic N) is 1. The number of hydrogen-bond acceptors (Lipinski definition) is 5. The maximum absolute atomic E-state index is 11.8. The quantitative estimate of drug-likeness (QED) is 0.625. The Hall–Kier alpha value is -3.09. The molecule has 1 N–H and O–H groups in total. The zero-order valence-electron chi connectivity index (χ0n) is 12.5. The molecule has 2 rings (SSSR count). The molecule has 23 heavy (non-hydrogen) atoms. The summed E-state index contributed by atoms with van der Waals surface area (Å²) in [4.78, 5) is 22.1. The van der Waals surface area contributed by atoms with Gasteiger partial charge in [-0.1, -0.05) is 30.3 Å². The molecule has 2 aromatic rings. The Bertz CT molecular complexity index is 702. The number of carbonyl (C=O) groups excluding carboxylic acids is 1. The number of nitrogens with one attached hydrogen (secondary N) is 1. The van der Waals surface area contributed by atoms with Gasteiger partial charge in [0.15, 0.2) is 12.4 Å². The van der Waals surface area contributed by atoms with Crippen LogP contribution >= 0.6 is 0 Å². The number of nitro groups is 1. The molecule has 0 fully saturated rings. The van der Waals surface area contributed by atoms with E-state index in [1.54, 1.807) is 19.2 Å². The largest absolute Gasteiger partial charge is 0.496 e. The van der Waals surface area contributed by atoms with Crippen LogP contribution in [0.3, 0.4) is 0 Å². The van der Waals surface area contributed by atoms with Crippen LogP contribution in [0.2, 0.25) is 0 Å². The lowest BCUT2D eigenvalue weighted by molar-refractivity contribution is -0.385. The van der Waals surface area contributed by atoms with Gasteiger partial charge in [0.2, 0.25) is 0 Å². The first-order chi connectivity index (χ1) is 11.1. The summed E-state index contributed by atoms with van der Waals surface area (Å²) in [6, 6.07) is 13.2. The van der Waals surface area contributed by atoms with E-state index in [0.29, 0.717) is 5.75 Å². The van der Waals surface area contributed by atoms with Crippen LogP contribution in [0.1, 0.15) is 5.56 Å². The summed E-state index contributed by atoms with van der Waals surface area (Å²) in [5, 5.41) is 13.5. The molecule has 0 atom stereocenters. The second kappa shape index (κ2) is 7.79. The third-order valence-electron chi connectivity index (χ3n) is 3.09. The van der Waals surface area contributed by atoms with Crippen molar-refractivity contribution < 1.29 is 19.2 Å². The van der Waals surface area contributed by atoms with Crippen LogP contribution in [0.5, 0.6) is 11.5 Å². The fraction of sp³-hybridized carbons (Fsp3) is 0.188. The minimum Gasteiger partial charge on any atom is -0.496 e. The SMILES string of the molecule is COc1ccccc1CNC(=O)COc1ccccc1[N+](=O)[O-]. The van der Waals surface area contributed by atoms with Crippen molar-refractivity contribution >= 4 is 11.6 Å². The van der Waals surface area contributed by atoms with E-state index in [4.69, 9.17) is 9.47 Å². The van der Waals surface area contributed by atoms with Crippen molar-refractivity contribution in [3.63, 3.8) is 0 Å². The van der Waals surface area contributed by atoms with E-state index in [0.717, 1.165) is 5.56 Å². The minimum absolute atomic E-state index is 0.0601. The third kappa shape index (κ3) is 4.44. The molecule has 0 saturated heterocycles. The van der Waals surface area contributed by atoms with Gasteiger partial charge < -0.3 is 14.8 Å². The van der Waals surface area contributed by atoms with Crippen molar-refractivity contribution in [1.82, 2.24) is 5.32 Å². The molecule has 0 aliphatic rings. The Morgan fingerprint density at radius 2 is 1.78 bits per heavy atom. The molecule has 0 unspecified atom stereocenters. The lowest BCUT2D eigenvalue weighted by atomic mass is 10.2. The molecule has 1 amide bonds. The van der Waals surface area contributed by atoms with Gasteiger partial charge in [-0.05, 0) is 12.1 Å². The fourth-order valence-corrected chi connectivity index (χ4v) is 1.97. The lowest BCUT2D eigenvalue weighted by Gasteiger charge is -2.10. The van der Waals surface area contributed by atoms with Crippen molar-refractivity contribution in [1.29, 1.82) is 0 Å². The zero-order chi connectivity index (χ0) is 16.7. The highest BCUT2D eigenvalue weighted by Gasteiger charge is 2.15. The number of hydrogen-bond donors (Lipinski definition) is 1. The Morgan fingerprint density at radius 3 is 2.48 bits per heavy atom. The van der Waals surface area contributed by atoms with Crippen LogP contribution in [-0.2, 0) is 11.3 Å². The van der Waals surface area contributed by atoms with Crippen molar-refractivity contribution in [2.45, 2.75) is 6.54 Å². The monoisotopic (exact) mass is 316 g/mol. The molecule has 0 heterocycles. The smallest absolute Gasteiger partial charge is 0.310 e. The van der Waals surface area contributed by atoms with Gasteiger partial charge in [0.1, 0.15) is 5.75 Å². The number of carbonyl (C=O) groups is 1. The van der Waals surface area contributed by atoms with Gasteiger partial charge in [-0.15, -0.1) is 0 Å². The summed E-state index contributed by atoms with van der Waals surface area (Å²) in [7, 11) is 1.55. The Balaban J connectivity index is 1.90. The summed E-state index contributed by atoms with van der Waals surface area (Å²) >= 11 is 0. The predicted octanol–water partition coefficient (Wildman–Crippen LogP) is 2.30. The molecule has 0 aliphatic heterocycles. The molecule has 0 bridgehead atoms. The molecule has 0 radical (unpaired) electrons. The maximum atomic E-state index is 11.8. The van der Waals surface area contributed by atoms with Gasteiger partial charge in [-0.25, -0.2) is 0 Å². The van der Waals surface area contributed by atoms with Crippen molar-refractivity contribution in [3.05, 3.63) is 64.2 Å². The van der Waals surface area contributed by atoms with Gasteiger partial charge in [-0.2, -0.15) is 0 Å². The van der Waals surface area contributed by atoms with Gasteiger partial charge in [-0.3, -0.25) is 14.9 Å². The Kier molecular flexibility index (Phi) is 5.51. The van der Waals surface area contributed by atoms with Crippen molar-refractivity contribution in [2.24, 2.45) is 0 Å². The first-order valence-corrected chi connectivity index (χ1v) is 6.86. The molecule has 0 saturated carbocycles. The van der Waals surface area contributed by atoms with Gasteiger partial charge >= 0.3 is 5.69 Å². The zero-order valence-corrected chi connectivity index (χ0v) is 12.5. The maximum Gasteiger partial charge on any atom is 0.310 e. The lowest BCUT2D eigenvalue weighted by Crippen LogP contribution is -2.28. The normalized spacial score (nSPS) is 9.96. The minimum atomic E-state index is -0.554. The van der Waals surface area contributed by atoms with E-state index in [1.165, 1.54) is 18.2 Å². The number of benzene rings is 2. The number of methoxy groups -OCH3 is 1. The highest BCUT2D eigenvalue weighted by atomic mass is 16.6. The predicted molar refractivity (Wildman–Crippen MR) is 83.4 cm³/mol. The molecule has 0 spiro atoms. The average Bonchev–Trinajstić information content (AvgIpc) is 2.58. The standard InChI is InChI=1S/C16H16N2O5/c1-22-14-8-4-2-6-12(14)10-17-16(19)11-23-15-9-5-3-7-13(15)18(20)21/h2-9H,10-11H2,1H3,(H,17,19). The van der Waals surface area contributed by atoms with E-state index in [1.807, 2.05) is 18.2 Å². The second-order valence-electron chi connectivity index (χ2n) is 4.60. The molecular weight excluding hydrogens is 300 g/mol. The van der Waals surface area contributed by atoms with Crippen LogP contribution in [0.25, 0.3) is 0 Å². The van der Waals surface area contributed by atoms with Crippen molar-refractivity contribution in [3.8, 4) is 11.5 Å². The van der Waals surface area contributed by atoms with Gasteiger partial charge in [0, 0.05) is 18.2 Å². The molecule has 120 valence electrons. The van der Waals surface area contributed by atoms with E-state index >= 15 is 0 Å². The van der Waals surface area contributed by atoms with Crippen LogP contribution in [0, 0.1) is 10.1 Å². The van der Waals surface area contributed by atoms with Gasteiger partial charge in [0.25, 0.3) is 5.91 Å². The second-order valence-corrected chi connectivity index (χ2v) is 4.60. The number of para-hydroxylation sites is 3. The Morgan fingerprint density at radius 1 is 1.13 bits per heavy atom. The summed E-state index contributed by atoms with van der Waals surface area (Å²) in [5.41, 5.74) is 0.652. The molecule has 0 aliphatic carbocycles. The molecule has 2 aromatic carbocycles. The third-order valence-corrected chi connectivity index (χ3v) is 3.09. The van der Waals surface area contributed by atoms with Crippen molar-refractivity contribution in [2.75, 3.05) is 13.7 Å². The number of amides is 1. The number of nitro benzene ring substituents is 1. The van der Waals surface area contributed by atoms with Crippen LogP contribution < -0.4 is 14.8 Å². The topological polar surface area (TPSA) is 90.7 Å². The Labute approximate surface area is 133 Å². The van der Waals surface area contributed by atoms with E-state index in [-0.39, 0.29) is 30.5 Å². The van der Waals surface area contributed by atoms with E-state index < -0.39 is 4.92 Å². The first kappa shape index (κ1) is 16.3. The molecule has 0 aromatic heterocycles. The summed E-state index contributed by atoms with van der Waals surface area (Å²) in [6.45, 7) is -0.0247. The molecular formula is C16H16N2O5. The highest BCUT2D eigenvalue weighted by molar-refractivity contribution is 5.77. The highest BCUT2D eigenvalue weighted by Crippen LogP contribution is 2.25. The summed E-state index contributed by atoms with van der Waals surface area (Å²) < 4.78 is 10.4. The fourth-order valence-electron chi connectivity index (χ4n) is 1.97. The van der Waals surface area contributed by atoms with E-state index in [9.17, 15) is 14.9 Å². The van der Waals surface area contributed by atoms with Crippen LogP contribution in [-0.4, -0.2) is 24.5 Å². The van der Waals surface area contributed by atoms with Crippen LogP contribution in [0.15, 0.2) is 48.5 Å². The molecule has 7 nitrogen and oxygen atoms in total. The number of rotatable bonds is 7. The molecule has 7 heteroatoms. The number of ether oxygens (including phenoxy) is 2. The summed E-state index contributed by atoms with van der Waals surface area (Å²) in [6.07, 6.45) is 0.